The van der Waals surface area contributed by atoms with Crippen LogP contribution in [0.2, 0.25) is 0 Å². The molecule has 24 heavy (non-hydrogen) atoms. The molecule has 0 heterocycles. The van der Waals surface area contributed by atoms with Gasteiger partial charge in [0.05, 0.1) is 12.3 Å². The van der Waals surface area contributed by atoms with Crippen LogP contribution in [0.15, 0.2) is 0 Å². The monoisotopic (exact) mass is 346 g/mol. The van der Waals surface area contributed by atoms with Crippen molar-refractivity contribution in [2.45, 2.75) is 79.8 Å². The van der Waals surface area contributed by atoms with Gasteiger partial charge in [-0.2, -0.15) is 0 Å². The molecule has 0 bridgehead atoms. The number of hydrogen-bond donors (Lipinski definition) is 0. The lowest BCUT2D eigenvalue weighted by Gasteiger charge is -2.34. The van der Waals surface area contributed by atoms with Crippen LogP contribution in [-0.2, 0) is 19.1 Å². The smallest absolute Gasteiger partial charge is 0.309 e. The Morgan fingerprint density at radius 2 is 1.67 bits per heavy atom. The molecule has 0 aliphatic heterocycles. The molecule has 0 aliphatic carbocycles. The van der Waals surface area contributed by atoms with Crippen LogP contribution in [0.5, 0.6) is 0 Å². The first kappa shape index (κ1) is 22.9. The maximum Gasteiger partial charge on any atom is 0.309 e. The zero-order valence-corrected chi connectivity index (χ0v) is 16.4. The highest BCUT2D eigenvalue weighted by Gasteiger charge is 2.36. The first-order valence-electron chi connectivity index (χ1n) is 8.94. The van der Waals surface area contributed by atoms with Crippen LogP contribution < -0.4 is 0 Å². The van der Waals surface area contributed by atoms with E-state index in [-0.39, 0.29) is 36.2 Å². The third-order valence-corrected chi connectivity index (χ3v) is 4.79. The van der Waals surface area contributed by atoms with Gasteiger partial charge in [-0.05, 0) is 31.1 Å². The molecule has 0 aromatic heterocycles. The summed E-state index contributed by atoms with van der Waals surface area (Å²) >= 11 is 0. The van der Waals surface area contributed by atoms with Gasteiger partial charge in [-0.3, -0.25) is 9.59 Å². The molecule has 0 fully saturated rings. The Hall–Kier alpha value is -1.13. The van der Waals surface area contributed by atoms with Gasteiger partial charge in [-0.25, -0.2) is 4.39 Å². The Balaban J connectivity index is 4.99. The van der Waals surface area contributed by atoms with Crippen molar-refractivity contribution in [2.75, 3.05) is 13.3 Å². The van der Waals surface area contributed by atoms with Gasteiger partial charge in [-0.1, -0.05) is 48.0 Å². The molecule has 0 saturated carbocycles. The summed E-state index contributed by atoms with van der Waals surface area (Å²) in [6.45, 7) is 13.0. The minimum absolute atomic E-state index is 0.0522. The van der Waals surface area contributed by atoms with E-state index >= 15 is 0 Å². The number of hydrogen-bond acceptors (Lipinski definition) is 4. The zero-order chi connectivity index (χ0) is 19.0. The van der Waals surface area contributed by atoms with Gasteiger partial charge in [0.1, 0.15) is 18.9 Å². The molecular weight excluding hydrogens is 311 g/mol. The van der Waals surface area contributed by atoms with Crippen LogP contribution in [0.4, 0.5) is 4.39 Å². The first-order valence-corrected chi connectivity index (χ1v) is 8.94. The number of rotatable bonds is 11. The van der Waals surface area contributed by atoms with Crippen LogP contribution in [0.1, 0.15) is 74.1 Å². The molecular formula is C19H35FO4. The molecule has 0 aliphatic rings. The second-order valence-corrected chi connectivity index (χ2v) is 7.88. The summed E-state index contributed by atoms with van der Waals surface area (Å²) in [7, 11) is 0. The van der Waals surface area contributed by atoms with E-state index in [0.29, 0.717) is 6.42 Å². The molecule has 5 heteroatoms. The molecule has 0 saturated heterocycles. The second kappa shape index (κ2) is 10.00. The van der Waals surface area contributed by atoms with Crippen LogP contribution in [0, 0.1) is 17.3 Å². The standard InChI is InChI=1S/C19H35FO4/c1-8-18(5,6)12-15(14(3)4)17(22)24-19(7,9-2)13-16(21)23-11-10-20/h14-15H,8-13H2,1-7H3. The summed E-state index contributed by atoms with van der Waals surface area (Å²) < 4.78 is 22.6. The quantitative estimate of drug-likeness (QED) is 0.509. The summed E-state index contributed by atoms with van der Waals surface area (Å²) in [4.78, 5) is 24.5. The van der Waals surface area contributed by atoms with E-state index < -0.39 is 18.2 Å². The van der Waals surface area contributed by atoms with Crippen molar-refractivity contribution in [3.05, 3.63) is 0 Å². The van der Waals surface area contributed by atoms with E-state index in [1.807, 2.05) is 20.8 Å². The van der Waals surface area contributed by atoms with Gasteiger partial charge >= 0.3 is 11.9 Å². The van der Waals surface area contributed by atoms with E-state index in [0.717, 1.165) is 12.8 Å². The van der Waals surface area contributed by atoms with Crippen molar-refractivity contribution >= 4 is 11.9 Å². The molecule has 142 valence electrons. The summed E-state index contributed by atoms with van der Waals surface area (Å²) in [6.07, 6.45) is 2.15. The van der Waals surface area contributed by atoms with Crippen LogP contribution >= 0.6 is 0 Å². The van der Waals surface area contributed by atoms with Gasteiger partial charge in [0.25, 0.3) is 0 Å². The number of halogens is 1. The van der Waals surface area contributed by atoms with Gasteiger partial charge in [0, 0.05) is 0 Å². The fraction of sp³-hybridized carbons (Fsp3) is 0.895. The highest BCUT2D eigenvalue weighted by atomic mass is 19.1. The van der Waals surface area contributed by atoms with Crippen molar-refractivity contribution in [3.63, 3.8) is 0 Å². The normalized spacial score (nSPS) is 15.7. The Morgan fingerprint density at radius 3 is 2.08 bits per heavy atom. The average Bonchev–Trinajstić information content (AvgIpc) is 2.50. The van der Waals surface area contributed by atoms with Crippen molar-refractivity contribution in [3.8, 4) is 0 Å². The molecule has 0 aromatic rings. The largest absolute Gasteiger partial charge is 0.463 e. The minimum atomic E-state index is -0.923. The molecule has 0 N–H and O–H groups in total. The summed E-state index contributed by atoms with van der Waals surface area (Å²) in [5.41, 5.74) is -0.870. The molecule has 2 unspecified atom stereocenters. The zero-order valence-electron chi connectivity index (χ0n) is 16.4. The molecule has 2 atom stereocenters. The lowest BCUT2D eigenvalue weighted by Crippen LogP contribution is -2.39. The van der Waals surface area contributed by atoms with Gasteiger partial charge in [-0.15, -0.1) is 0 Å². The number of alkyl halides is 1. The number of carbonyl (C=O) groups is 2. The number of esters is 2. The highest BCUT2D eigenvalue weighted by Crippen LogP contribution is 2.34. The molecule has 0 rings (SSSR count). The minimum Gasteiger partial charge on any atom is -0.463 e. The van der Waals surface area contributed by atoms with E-state index in [1.54, 1.807) is 6.92 Å². The fourth-order valence-electron chi connectivity index (χ4n) is 2.39. The topological polar surface area (TPSA) is 52.6 Å². The van der Waals surface area contributed by atoms with Crippen LogP contribution in [0.25, 0.3) is 0 Å². The predicted octanol–water partition coefficient (Wildman–Crippen LogP) is 4.70. The Labute approximate surface area is 146 Å². The van der Waals surface area contributed by atoms with Gasteiger partial charge in [0.2, 0.25) is 0 Å². The summed E-state index contributed by atoms with van der Waals surface area (Å²) in [5.74, 6) is -0.871. The summed E-state index contributed by atoms with van der Waals surface area (Å²) in [5, 5.41) is 0. The molecule has 4 nitrogen and oxygen atoms in total. The molecule has 0 spiro atoms. The Morgan fingerprint density at radius 1 is 1.08 bits per heavy atom. The van der Waals surface area contributed by atoms with Crippen LogP contribution in [-0.4, -0.2) is 30.8 Å². The van der Waals surface area contributed by atoms with E-state index in [1.165, 1.54) is 0 Å². The third-order valence-electron chi connectivity index (χ3n) is 4.79. The maximum absolute atomic E-state index is 12.7. The lowest BCUT2D eigenvalue weighted by atomic mass is 9.77. The van der Waals surface area contributed by atoms with E-state index in [4.69, 9.17) is 9.47 Å². The lowest BCUT2D eigenvalue weighted by molar-refractivity contribution is -0.171. The molecule has 0 radical (unpaired) electrons. The SMILES string of the molecule is CCC(C)(C)CC(C(=O)OC(C)(CC)CC(=O)OCCF)C(C)C. The van der Waals surface area contributed by atoms with Crippen molar-refractivity contribution in [1.82, 2.24) is 0 Å². The van der Waals surface area contributed by atoms with E-state index in [2.05, 4.69) is 20.8 Å². The van der Waals surface area contributed by atoms with Gasteiger partial charge < -0.3 is 9.47 Å². The Kier molecular flexibility index (Phi) is 9.53. The predicted molar refractivity (Wildman–Crippen MR) is 93.4 cm³/mol. The molecule has 0 amide bonds. The van der Waals surface area contributed by atoms with Gasteiger partial charge in [0.15, 0.2) is 0 Å². The number of ether oxygens (including phenoxy) is 2. The van der Waals surface area contributed by atoms with Crippen molar-refractivity contribution in [2.24, 2.45) is 17.3 Å². The van der Waals surface area contributed by atoms with E-state index in [9.17, 15) is 14.0 Å². The Bertz CT molecular complexity index is 406. The number of carbonyl (C=O) groups excluding carboxylic acids is 2. The third kappa shape index (κ3) is 8.11. The van der Waals surface area contributed by atoms with Crippen LogP contribution in [0.3, 0.4) is 0 Å². The maximum atomic E-state index is 12.7. The average molecular weight is 346 g/mol. The fourth-order valence-corrected chi connectivity index (χ4v) is 2.39. The first-order chi connectivity index (χ1) is 11.0. The van der Waals surface area contributed by atoms with Crippen molar-refractivity contribution in [1.29, 1.82) is 0 Å². The highest BCUT2D eigenvalue weighted by molar-refractivity contribution is 5.75. The summed E-state index contributed by atoms with van der Waals surface area (Å²) in [6, 6.07) is 0. The van der Waals surface area contributed by atoms with Crippen molar-refractivity contribution < 1.29 is 23.5 Å². The molecule has 0 aromatic carbocycles. The second-order valence-electron chi connectivity index (χ2n) is 7.88.